The highest BCUT2D eigenvalue weighted by Gasteiger charge is 2.43. The van der Waals surface area contributed by atoms with E-state index in [-0.39, 0.29) is 18.6 Å². The second kappa shape index (κ2) is 6.25. The fraction of sp³-hybridized carbons (Fsp3) is 0.929. The minimum Gasteiger partial charge on any atom is -0.298 e. The van der Waals surface area contributed by atoms with Crippen molar-refractivity contribution in [2.24, 2.45) is 5.92 Å². The molecule has 0 spiro atoms. The van der Waals surface area contributed by atoms with E-state index in [4.69, 9.17) is 0 Å². The van der Waals surface area contributed by atoms with Crippen LogP contribution in [0.25, 0.3) is 0 Å². The summed E-state index contributed by atoms with van der Waals surface area (Å²) >= 11 is 0. The Balaban J connectivity index is 2.63. The largest absolute Gasteiger partial charge is 0.389 e. The molecule has 0 heterocycles. The van der Waals surface area contributed by atoms with Crippen molar-refractivity contribution in [1.29, 1.82) is 0 Å². The molecule has 0 aromatic rings. The van der Waals surface area contributed by atoms with Crippen LogP contribution in [0.3, 0.4) is 0 Å². The predicted molar refractivity (Wildman–Crippen MR) is 69.0 cm³/mol. The summed E-state index contributed by atoms with van der Waals surface area (Å²) in [6, 6.07) is 0. The maximum Gasteiger partial charge on any atom is 0.389 e. The smallest absolute Gasteiger partial charge is 0.298 e. The van der Waals surface area contributed by atoms with Crippen molar-refractivity contribution in [1.82, 2.24) is 4.90 Å². The third-order valence-corrected chi connectivity index (χ3v) is 4.21. The molecule has 1 fully saturated rings. The molecule has 1 aliphatic carbocycles. The monoisotopic (exact) mass is 279 g/mol. The van der Waals surface area contributed by atoms with Crippen LogP contribution in [0, 0.1) is 5.92 Å². The van der Waals surface area contributed by atoms with E-state index in [1.165, 1.54) is 0 Å². The Hall–Kier alpha value is -0.580. The molecule has 0 N–H and O–H groups in total. The summed E-state index contributed by atoms with van der Waals surface area (Å²) in [6.45, 7) is 2.11. The Morgan fingerprint density at radius 3 is 2.47 bits per heavy atom. The Labute approximate surface area is 113 Å². The molecule has 1 aliphatic rings. The van der Waals surface area contributed by atoms with Gasteiger partial charge in [-0.15, -0.1) is 0 Å². The predicted octanol–water partition coefficient (Wildman–Crippen LogP) is 3.80. The SMILES string of the molecule is CC1CCCC(C(=O)CCCC(F)(F)F)(N(C)C)C1. The second-order valence-corrected chi connectivity index (χ2v) is 6.02. The molecule has 0 aliphatic heterocycles. The maximum absolute atomic E-state index is 12.4. The van der Waals surface area contributed by atoms with Gasteiger partial charge in [0.25, 0.3) is 0 Å². The molecule has 0 saturated heterocycles. The van der Waals surface area contributed by atoms with Gasteiger partial charge in [0.05, 0.1) is 5.54 Å². The third kappa shape index (κ3) is 4.48. The van der Waals surface area contributed by atoms with Gasteiger partial charge in [0, 0.05) is 12.8 Å². The number of carbonyl (C=O) groups excluding carboxylic acids is 1. The van der Waals surface area contributed by atoms with Crippen LogP contribution in [0.2, 0.25) is 0 Å². The van der Waals surface area contributed by atoms with Crippen molar-refractivity contribution in [2.45, 2.75) is 63.6 Å². The third-order valence-electron chi connectivity index (χ3n) is 4.21. The molecule has 112 valence electrons. The number of rotatable bonds is 5. The van der Waals surface area contributed by atoms with Crippen molar-refractivity contribution < 1.29 is 18.0 Å². The summed E-state index contributed by atoms with van der Waals surface area (Å²) in [5, 5.41) is 0. The van der Waals surface area contributed by atoms with Gasteiger partial charge in [-0.05, 0) is 39.3 Å². The Bertz CT molecular complexity index is 314. The van der Waals surface area contributed by atoms with Gasteiger partial charge in [0.15, 0.2) is 5.78 Å². The molecule has 0 amide bonds. The van der Waals surface area contributed by atoms with Crippen LogP contribution in [-0.2, 0) is 4.79 Å². The first-order valence-electron chi connectivity index (χ1n) is 6.95. The van der Waals surface area contributed by atoms with E-state index in [1.54, 1.807) is 0 Å². The molecular weight excluding hydrogens is 255 g/mol. The lowest BCUT2D eigenvalue weighted by Gasteiger charge is -2.44. The van der Waals surface area contributed by atoms with Crippen molar-refractivity contribution in [2.75, 3.05) is 14.1 Å². The Morgan fingerprint density at radius 1 is 1.37 bits per heavy atom. The van der Waals surface area contributed by atoms with E-state index in [1.807, 2.05) is 19.0 Å². The van der Waals surface area contributed by atoms with Crippen molar-refractivity contribution in [3.63, 3.8) is 0 Å². The summed E-state index contributed by atoms with van der Waals surface area (Å²) in [6.07, 6.45) is -1.46. The number of carbonyl (C=O) groups is 1. The summed E-state index contributed by atoms with van der Waals surface area (Å²) < 4.78 is 36.4. The van der Waals surface area contributed by atoms with E-state index in [0.29, 0.717) is 5.92 Å². The van der Waals surface area contributed by atoms with Crippen LogP contribution in [0.5, 0.6) is 0 Å². The van der Waals surface area contributed by atoms with E-state index in [9.17, 15) is 18.0 Å². The normalized spacial score (nSPS) is 28.7. The number of ketones is 1. The van der Waals surface area contributed by atoms with E-state index in [2.05, 4.69) is 6.92 Å². The summed E-state index contributed by atoms with van der Waals surface area (Å²) in [5.74, 6) is 0.441. The highest BCUT2D eigenvalue weighted by molar-refractivity contribution is 5.88. The van der Waals surface area contributed by atoms with Gasteiger partial charge >= 0.3 is 6.18 Å². The molecule has 2 nitrogen and oxygen atoms in total. The number of nitrogens with zero attached hydrogens (tertiary/aromatic N) is 1. The van der Waals surface area contributed by atoms with Crippen LogP contribution in [0.4, 0.5) is 13.2 Å². The molecule has 1 saturated carbocycles. The standard InChI is InChI=1S/C14H24F3NO/c1-11-6-4-8-13(10-11,18(2)3)12(19)7-5-9-14(15,16)17/h11H,4-10H2,1-3H3. The average Bonchev–Trinajstić information content (AvgIpc) is 2.26. The lowest BCUT2D eigenvalue weighted by molar-refractivity contribution is -0.140. The van der Waals surface area contributed by atoms with Crippen LogP contribution in [0.1, 0.15) is 51.9 Å². The molecule has 2 unspecified atom stereocenters. The quantitative estimate of drug-likeness (QED) is 0.763. The molecule has 5 heteroatoms. The Morgan fingerprint density at radius 2 is 2.00 bits per heavy atom. The van der Waals surface area contributed by atoms with Gasteiger partial charge in [-0.25, -0.2) is 0 Å². The molecular formula is C14H24F3NO. The molecule has 0 aromatic heterocycles. The summed E-state index contributed by atoms with van der Waals surface area (Å²) in [7, 11) is 3.72. The van der Waals surface area contributed by atoms with Gasteiger partial charge in [0.2, 0.25) is 0 Å². The molecule has 0 aromatic carbocycles. The zero-order valence-electron chi connectivity index (χ0n) is 12.0. The Kier molecular flexibility index (Phi) is 5.42. The van der Waals surface area contributed by atoms with Gasteiger partial charge in [-0.1, -0.05) is 19.8 Å². The zero-order chi connectivity index (χ0) is 14.7. The van der Waals surface area contributed by atoms with Crippen LogP contribution < -0.4 is 0 Å². The minimum atomic E-state index is -4.16. The number of likely N-dealkylation sites (N-methyl/N-ethyl adjacent to an activating group) is 1. The van der Waals surface area contributed by atoms with Crippen LogP contribution >= 0.6 is 0 Å². The van der Waals surface area contributed by atoms with Crippen LogP contribution in [-0.4, -0.2) is 36.5 Å². The number of alkyl halides is 3. The highest BCUT2D eigenvalue weighted by atomic mass is 19.4. The first kappa shape index (κ1) is 16.5. The summed E-state index contributed by atoms with van der Waals surface area (Å²) in [4.78, 5) is 14.3. The van der Waals surface area contributed by atoms with Gasteiger partial charge in [-0.2, -0.15) is 13.2 Å². The number of halogens is 3. The molecule has 2 atom stereocenters. The first-order valence-corrected chi connectivity index (χ1v) is 6.95. The molecule has 0 radical (unpaired) electrons. The van der Waals surface area contributed by atoms with E-state index in [0.717, 1.165) is 25.7 Å². The van der Waals surface area contributed by atoms with Crippen molar-refractivity contribution >= 4 is 5.78 Å². The second-order valence-electron chi connectivity index (χ2n) is 6.02. The van der Waals surface area contributed by atoms with E-state index >= 15 is 0 Å². The van der Waals surface area contributed by atoms with Crippen molar-refractivity contribution in [3.8, 4) is 0 Å². The topological polar surface area (TPSA) is 20.3 Å². The highest BCUT2D eigenvalue weighted by Crippen LogP contribution is 2.37. The molecule has 1 rings (SSSR count). The van der Waals surface area contributed by atoms with Gasteiger partial charge < -0.3 is 0 Å². The van der Waals surface area contributed by atoms with Gasteiger partial charge in [0.1, 0.15) is 0 Å². The minimum absolute atomic E-state index is 0.0201. The average molecular weight is 279 g/mol. The lowest BCUT2D eigenvalue weighted by Crippen LogP contribution is -2.53. The summed E-state index contributed by atoms with van der Waals surface area (Å²) in [5.41, 5.74) is -0.538. The van der Waals surface area contributed by atoms with Gasteiger partial charge in [-0.3, -0.25) is 9.69 Å². The number of hydrogen-bond acceptors (Lipinski definition) is 2. The fourth-order valence-corrected chi connectivity index (χ4v) is 3.11. The molecule has 19 heavy (non-hydrogen) atoms. The molecule has 0 bridgehead atoms. The van der Waals surface area contributed by atoms with Crippen molar-refractivity contribution in [3.05, 3.63) is 0 Å². The number of Topliss-reactive ketones (excluding diaryl/α,β-unsaturated/α-hetero) is 1. The fourth-order valence-electron chi connectivity index (χ4n) is 3.11. The first-order chi connectivity index (χ1) is 8.67. The lowest BCUT2D eigenvalue weighted by atomic mass is 9.72. The van der Waals surface area contributed by atoms with Crippen LogP contribution in [0.15, 0.2) is 0 Å². The van der Waals surface area contributed by atoms with E-state index < -0.39 is 18.1 Å². The maximum atomic E-state index is 12.4. The number of hydrogen-bond donors (Lipinski definition) is 0. The zero-order valence-corrected chi connectivity index (χ0v) is 12.0.